The normalized spacial score (nSPS) is 12.9. The third-order valence-corrected chi connectivity index (χ3v) is 4.92. The van der Waals surface area contributed by atoms with Crippen molar-refractivity contribution in [2.75, 3.05) is 6.54 Å². The van der Waals surface area contributed by atoms with Crippen molar-refractivity contribution in [2.24, 2.45) is 0 Å². The molecule has 0 amide bonds. The first kappa shape index (κ1) is 13.0. The molecule has 2 nitrogen and oxygen atoms in total. The van der Waals surface area contributed by atoms with Crippen LogP contribution in [0.2, 0.25) is 4.34 Å². The van der Waals surface area contributed by atoms with Gasteiger partial charge in [0.25, 0.3) is 0 Å². The molecule has 0 aliphatic carbocycles. The van der Waals surface area contributed by atoms with Crippen molar-refractivity contribution in [1.29, 1.82) is 0 Å². The molecule has 0 saturated heterocycles. The number of hydrogen-bond acceptors (Lipinski definition) is 4. The average molecular weight is 287 g/mol. The minimum atomic E-state index is 0.355. The van der Waals surface area contributed by atoms with Crippen LogP contribution in [0.4, 0.5) is 0 Å². The Balaban J connectivity index is 1.78. The van der Waals surface area contributed by atoms with Crippen LogP contribution in [0.1, 0.15) is 28.5 Å². The Morgan fingerprint density at radius 1 is 1.47 bits per heavy atom. The second-order valence-corrected chi connectivity index (χ2v) is 6.64. The molecule has 5 heteroatoms. The first-order valence-electron chi connectivity index (χ1n) is 5.55. The zero-order chi connectivity index (χ0) is 12.3. The second-order valence-electron chi connectivity index (χ2n) is 3.95. The molecular formula is C12H15ClN2S2. The average Bonchev–Trinajstić information content (AvgIpc) is 2.88. The highest BCUT2D eigenvalue weighted by Crippen LogP contribution is 2.26. The van der Waals surface area contributed by atoms with Crippen LogP contribution in [0.15, 0.2) is 17.5 Å². The van der Waals surface area contributed by atoms with Crippen molar-refractivity contribution in [2.45, 2.75) is 26.3 Å². The van der Waals surface area contributed by atoms with Gasteiger partial charge in [-0.15, -0.1) is 22.7 Å². The molecule has 0 bridgehead atoms. The Kier molecular flexibility index (Phi) is 4.56. The second kappa shape index (κ2) is 5.96. The van der Waals surface area contributed by atoms with Crippen molar-refractivity contribution in [3.8, 4) is 0 Å². The fraction of sp³-hybridized carbons (Fsp3) is 0.417. The molecule has 0 radical (unpaired) electrons. The zero-order valence-electron chi connectivity index (χ0n) is 9.87. The summed E-state index contributed by atoms with van der Waals surface area (Å²) in [7, 11) is 0. The van der Waals surface area contributed by atoms with Gasteiger partial charge in [0.15, 0.2) is 0 Å². The predicted molar refractivity (Wildman–Crippen MR) is 76.3 cm³/mol. The molecule has 2 rings (SSSR count). The van der Waals surface area contributed by atoms with Crippen LogP contribution in [0, 0.1) is 6.92 Å². The summed E-state index contributed by atoms with van der Waals surface area (Å²) in [4.78, 5) is 5.73. The van der Waals surface area contributed by atoms with Crippen LogP contribution in [0.3, 0.4) is 0 Å². The molecule has 0 fully saturated rings. The van der Waals surface area contributed by atoms with Crippen molar-refractivity contribution in [1.82, 2.24) is 10.3 Å². The van der Waals surface area contributed by atoms with Gasteiger partial charge in [0.2, 0.25) is 0 Å². The van der Waals surface area contributed by atoms with Crippen LogP contribution in [0.5, 0.6) is 0 Å². The summed E-state index contributed by atoms with van der Waals surface area (Å²) < 4.78 is 0.851. The number of nitrogens with one attached hydrogen (secondary N) is 1. The topological polar surface area (TPSA) is 24.9 Å². The number of thiazole rings is 1. The maximum absolute atomic E-state index is 5.92. The van der Waals surface area contributed by atoms with E-state index in [1.807, 2.05) is 13.0 Å². The lowest BCUT2D eigenvalue weighted by Gasteiger charge is -2.10. The molecule has 2 aromatic heterocycles. The molecule has 1 atom stereocenters. The molecule has 0 spiro atoms. The standard InChI is InChI=1S/C12H15ClN2S2/c1-8-7-16-12(15-8)5-6-14-9(2)10-3-4-11(13)17-10/h3-4,7,9,14H,5-6H2,1-2H3. The van der Waals surface area contributed by atoms with Crippen molar-refractivity contribution in [3.05, 3.63) is 37.4 Å². The molecule has 0 aliphatic heterocycles. The van der Waals surface area contributed by atoms with Gasteiger partial charge in [-0.2, -0.15) is 0 Å². The molecule has 1 unspecified atom stereocenters. The fourth-order valence-corrected chi connectivity index (χ4v) is 3.44. The van der Waals surface area contributed by atoms with Crippen molar-refractivity contribution >= 4 is 34.3 Å². The Morgan fingerprint density at radius 3 is 2.88 bits per heavy atom. The van der Waals surface area contributed by atoms with E-state index in [1.165, 1.54) is 9.88 Å². The molecule has 0 aliphatic rings. The zero-order valence-corrected chi connectivity index (χ0v) is 12.3. The van der Waals surface area contributed by atoms with E-state index in [9.17, 15) is 0 Å². The summed E-state index contributed by atoms with van der Waals surface area (Å²) in [6, 6.07) is 4.39. The van der Waals surface area contributed by atoms with Crippen LogP contribution in [-0.2, 0) is 6.42 Å². The maximum Gasteiger partial charge on any atom is 0.0940 e. The Bertz CT molecular complexity index is 478. The molecule has 2 aromatic rings. The smallest absolute Gasteiger partial charge is 0.0940 e. The molecule has 92 valence electrons. The third kappa shape index (κ3) is 3.78. The minimum Gasteiger partial charge on any atom is -0.309 e. The minimum absolute atomic E-state index is 0.355. The summed E-state index contributed by atoms with van der Waals surface area (Å²) >= 11 is 9.29. The summed E-state index contributed by atoms with van der Waals surface area (Å²) in [5.41, 5.74) is 1.11. The van der Waals surface area contributed by atoms with E-state index in [2.05, 4.69) is 28.7 Å². The molecule has 1 N–H and O–H groups in total. The number of rotatable bonds is 5. The first-order chi connectivity index (χ1) is 8.15. The fourth-order valence-electron chi connectivity index (χ4n) is 1.57. The quantitative estimate of drug-likeness (QED) is 0.896. The number of nitrogens with zero attached hydrogens (tertiary/aromatic N) is 1. The van der Waals surface area contributed by atoms with Gasteiger partial charge in [0, 0.05) is 35.0 Å². The van der Waals surface area contributed by atoms with Crippen LogP contribution in [-0.4, -0.2) is 11.5 Å². The lowest BCUT2D eigenvalue weighted by molar-refractivity contribution is 0.584. The third-order valence-electron chi connectivity index (χ3n) is 2.48. The Morgan fingerprint density at radius 2 is 2.29 bits per heavy atom. The first-order valence-corrected chi connectivity index (χ1v) is 7.62. The number of thiophene rings is 1. The SMILES string of the molecule is Cc1csc(CCNC(C)c2ccc(Cl)s2)n1. The van der Waals surface area contributed by atoms with E-state index in [1.54, 1.807) is 22.7 Å². The van der Waals surface area contributed by atoms with E-state index in [0.29, 0.717) is 6.04 Å². The lowest BCUT2D eigenvalue weighted by Crippen LogP contribution is -2.20. The van der Waals surface area contributed by atoms with Crippen molar-refractivity contribution < 1.29 is 0 Å². The molecule has 0 aromatic carbocycles. The van der Waals surface area contributed by atoms with E-state index < -0.39 is 0 Å². The van der Waals surface area contributed by atoms with E-state index >= 15 is 0 Å². The highest BCUT2D eigenvalue weighted by atomic mass is 35.5. The highest BCUT2D eigenvalue weighted by Gasteiger charge is 2.07. The summed E-state index contributed by atoms with van der Waals surface area (Å²) in [5, 5.41) is 6.78. The van der Waals surface area contributed by atoms with Gasteiger partial charge in [-0.25, -0.2) is 4.98 Å². The van der Waals surface area contributed by atoms with E-state index in [0.717, 1.165) is 23.0 Å². The summed E-state index contributed by atoms with van der Waals surface area (Å²) in [5.74, 6) is 0. The van der Waals surface area contributed by atoms with E-state index in [-0.39, 0.29) is 0 Å². The molecular weight excluding hydrogens is 272 g/mol. The maximum atomic E-state index is 5.92. The highest BCUT2D eigenvalue weighted by molar-refractivity contribution is 7.16. The van der Waals surface area contributed by atoms with Gasteiger partial charge in [-0.1, -0.05) is 11.6 Å². The van der Waals surface area contributed by atoms with E-state index in [4.69, 9.17) is 11.6 Å². The van der Waals surface area contributed by atoms with Gasteiger partial charge < -0.3 is 5.32 Å². The number of aromatic nitrogens is 1. The van der Waals surface area contributed by atoms with Gasteiger partial charge in [0.05, 0.1) is 9.34 Å². The number of aryl methyl sites for hydroxylation is 1. The predicted octanol–water partition coefficient (Wildman–Crippen LogP) is 4.06. The lowest BCUT2D eigenvalue weighted by atomic mass is 10.2. The molecule has 17 heavy (non-hydrogen) atoms. The summed E-state index contributed by atoms with van der Waals surface area (Å²) in [6.45, 7) is 5.14. The Hall–Kier alpha value is -0.420. The monoisotopic (exact) mass is 286 g/mol. The van der Waals surface area contributed by atoms with Crippen LogP contribution in [0.25, 0.3) is 0 Å². The largest absolute Gasteiger partial charge is 0.309 e. The molecule has 0 saturated carbocycles. The number of hydrogen-bond donors (Lipinski definition) is 1. The van der Waals surface area contributed by atoms with Gasteiger partial charge in [0.1, 0.15) is 0 Å². The van der Waals surface area contributed by atoms with Crippen LogP contribution >= 0.6 is 34.3 Å². The van der Waals surface area contributed by atoms with Gasteiger partial charge >= 0.3 is 0 Å². The van der Waals surface area contributed by atoms with Gasteiger partial charge in [-0.3, -0.25) is 0 Å². The Labute approximate surface area is 115 Å². The van der Waals surface area contributed by atoms with Gasteiger partial charge in [-0.05, 0) is 26.0 Å². The van der Waals surface area contributed by atoms with Crippen molar-refractivity contribution in [3.63, 3.8) is 0 Å². The number of halogens is 1. The summed E-state index contributed by atoms with van der Waals surface area (Å²) in [6.07, 6.45) is 0.988. The van der Waals surface area contributed by atoms with Crippen LogP contribution < -0.4 is 5.32 Å². The molecule has 2 heterocycles.